The van der Waals surface area contributed by atoms with E-state index in [0.29, 0.717) is 16.7 Å². The zero-order valence-corrected chi connectivity index (χ0v) is 12.0. The Morgan fingerprint density at radius 3 is 2.64 bits per heavy atom. The van der Waals surface area contributed by atoms with E-state index >= 15 is 0 Å². The Morgan fingerprint density at radius 2 is 1.95 bits per heavy atom. The van der Waals surface area contributed by atoms with Crippen molar-refractivity contribution in [2.45, 2.75) is 6.18 Å². The lowest BCUT2D eigenvalue weighted by Crippen LogP contribution is -2.24. The summed E-state index contributed by atoms with van der Waals surface area (Å²) in [4.78, 5) is 19.3. The predicted molar refractivity (Wildman–Crippen MR) is 77.4 cm³/mol. The molecule has 0 aliphatic rings. The fraction of sp³-hybridized carbons (Fsp3) is 0.154. The fourth-order valence-corrected chi connectivity index (χ4v) is 2.68. The molecule has 0 aliphatic carbocycles. The minimum Gasteiger partial charge on any atom is -0.301 e. The van der Waals surface area contributed by atoms with E-state index in [2.05, 4.69) is 15.3 Å². The van der Waals surface area contributed by atoms with Crippen molar-refractivity contribution in [1.29, 1.82) is 0 Å². The maximum absolute atomic E-state index is 12.7. The third-order valence-corrected chi connectivity index (χ3v) is 3.89. The van der Waals surface area contributed by atoms with Crippen molar-refractivity contribution in [2.24, 2.45) is 7.05 Å². The molecule has 114 valence electrons. The molecule has 0 spiro atoms. The average Bonchev–Trinajstić information content (AvgIpc) is 2.84. The molecule has 0 unspecified atom stereocenters. The highest BCUT2D eigenvalue weighted by Crippen LogP contribution is 2.29. The molecule has 0 saturated carbocycles. The minimum absolute atomic E-state index is 0.209. The second kappa shape index (κ2) is 5.09. The van der Waals surface area contributed by atoms with Crippen molar-refractivity contribution in [3.63, 3.8) is 0 Å². The van der Waals surface area contributed by atoms with E-state index in [0.717, 1.165) is 9.27 Å². The van der Waals surface area contributed by atoms with Crippen LogP contribution in [0.5, 0.6) is 0 Å². The summed E-state index contributed by atoms with van der Waals surface area (Å²) in [6.45, 7) is 0. The van der Waals surface area contributed by atoms with E-state index in [1.54, 1.807) is 6.07 Å². The molecule has 5 nitrogen and oxygen atoms in total. The molecule has 1 aromatic carbocycles. The van der Waals surface area contributed by atoms with Crippen LogP contribution in [0, 0.1) is 0 Å². The molecule has 2 heterocycles. The molecule has 0 aliphatic heterocycles. The summed E-state index contributed by atoms with van der Waals surface area (Å²) in [5.41, 5.74) is -1.32. The van der Waals surface area contributed by atoms with Crippen LogP contribution in [0.25, 0.3) is 10.2 Å². The summed E-state index contributed by atoms with van der Waals surface area (Å²) < 4.78 is 40.1. The minimum atomic E-state index is -4.68. The molecule has 1 N–H and O–H groups in total. The Morgan fingerprint density at radius 1 is 1.23 bits per heavy atom. The number of hydrogen-bond donors (Lipinski definition) is 1. The Bertz CT molecular complexity index is 867. The number of anilines is 2. The first-order valence-electron chi connectivity index (χ1n) is 6.12. The highest BCUT2D eigenvalue weighted by Gasteiger charge is 2.34. The number of rotatable bonds is 2. The maximum Gasteiger partial charge on any atom is 0.433 e. The van der Waals surface area contributed by atoms with E-state index in [1.807, 2.05) is 18.2 Å². The van der Waals surface area contributed by atoms with Crippen molar-refractivity contribution < 1.29 is 13.2 Å². The highest BCUT2D eigenvalue weighted by atomic mass is 32.1. The SMILES string of the molecule is Cn1c(Nc2nc3ccccc3s2)nc(C(F)(F)F)cc1=O. The van der Waals surface area contributed by atoms with Crippen molar-refractivity contribution in [2.75, 3.05) is 5.32 Å². The molecule has 0 radical (unpaired) electrons. The van der Waals surface area contributed by atoms with Crippen LogP contribution in [0.4, 0.5) is 24.3 Å². The quantitative estimate of drug-likeness (QED) is 0.786. The van der Waals surface area contributed by atoms with Crippen LogP contribution < -0.4 is 10.9 Å². The summed E-state index contributed by atoms with van der Waals surface area (Å²) >= 11 is 1.26. The Labute approximate surface area is 126 Å². The summed E-state index contributed by atoms with van der Waals surface area (Å²) in [6.07, 6.45) is -4.68. The van der Waals surface area contributed by atoms with Gasteiger partial charge in [-0.3, -0.25) is 9.36 Å². The lowest BCUT2D eigenvalue weighted by molar-refractivity contribution is -0.141. The zero-order chi connectivity index (χ0) is 15.9. The molecular weight excluding hydrogens is 317 g/mol. The molecule has 0 fully saturated rings. The van der Waals surface area contributed by atoms with E-state index in [4.69, 9.17) is 0 Å². The lowest BCUT2D eigenvalue weighted by Gasteiger charge is -2.11. The normalized spacial score (nSPS) is 11.8. The van der Waals surface area contributed by atoms with Crippen LogP contribution in [0.1, 0.15) is 5.69 Å². The first-order valence-corrected chi connectivity index (χ1v) is 6.94. The predicted octanol–water partition coefficient (Wildman–Crippen LogP) is 3.15. The second-order valence-electron chi connectivity index (χ2n) is 4.47. The average molecular weight is 326 g/mol. The summed E-state index contributed by atoms with van der Waals surface area (Å²) in [6, 6.07) is 7.74. The fourth-order valence-electron chi connectivity index (χ4n) is 1.82. The topological polar surface area (TPSA) is 59.8 Å². The number of alkyl halides is 3. The molecule has 0 bridgehead atoms. The largest absolute Gasteiger partial charge is 0.433 e. The van der Waals surface area contributed by atoms with E-state index in [9.17, 15) is 18.0 Å². The Hall–Kier alpha value is -2.42. The zero-order valence-electron chi connectivity index (χ0n) is 11.2. The van der Waals surface area contributed by atoms with Crippen LogP contribution in [-0.2, 0) is 13.2 Å². The molecule has 2 aromatic heterocycles. The number of benzene rings is 1. The number of halogens is 3. The van der Waals surface area contributed by atoms with E-state index in [-0.39, 0.29) is 5.95 Å². The summed E-state index contributed by atoms with van der Waals surface area (Å²) in [5, 5.41) is 3.04. The number of aromatic nitrogens is 3. The summed E-state index contributed by atoms with van der Waals surface area (Å²) in [7, 11) is 1.34. The lowest BCUT2D eigenvalue weighted by atomic mass is 10.3. The molecule has 9 heteroatoms. The van der Waals surface area contributed by atoms with Crippen molar-refractivity contribution in [3.8, 4) is 0 Å². The molecule has 3 aromatic rings. The van der Waals surface area contributed by atoms with Gasteiger partial charge in [0.2, 0.25) is 5.95 Å². The van der Waals surface area contributed by atoms with Crippen LogP contribution in [0.2, 0.25) is 0 Å². The van der Waals surface area contributed by atoms with Crippen molar-refractivity contribution in [3.05, 3.63) is 46.4 Å². The number of fused-ring (bicyclic) bond motifs is 1. The number of thiazole rings is 1. The number of nitrogens with zero attached hydrogens (tertiary/aromatic N) is 3. The number of para-hydroxylation sites is 1. The van der Waals surface area contributed by atoms with Gasteiger partial charge in [-0.1, -0.05) is 23.5 Å². The second-order valence-corrected chi connectivity index (χ2v) is 5.50. The standard InChI is InChI=1S/C13H9F3N4OS/c1-20-10(21)6-9(13(14,15)16)18-11(20)19-12-17-7-4-2-3-5-8(7)22-12/h2-6H,1H3,(H,17,18,19). The van der Waals surface area contributed by atoms with Gasteiger partial charge < -0.3 is 5.32 Å². The van der Waals surface area contributed by atoms with Crippen LogP contribution >= 0.6 is 11.3 Å². The van der Waals surface area contributed by atoms with Crippen molar-refractivity contribution in [1.82, 2.24) is 14.5 Å². The van der Waals surface area contributed by atoms with Gasteiger partial charge in [-0.2, -0.15) is 13.2 Å². The van der Waals surface area contributed by atoms with Gasteiger partial charge >= 0.3 is 6.18 Å². The molecule has 0 atom stereocenters. The van der Waals surface area contributed by atoms with Crippen LogP contribution in [0.15, 0.2) is 35.1 Å². The number of hydrogen-bond acceptors (Lipinski definition) is 5. The first-order chi connectivity index (χ1) is 10.3. The Kier molecular flexibility index (Phi) is 3.36. The van der Waals surface area contributed by atoms with Gasteiger partial charge in [0, 0.05) is 13.1 Å². The maximum atomic E-state index is 12.7. The third-order valence-electron chi connectivity index (χ3n) is 2.94. The van der Waals surface area contributed by atoms with Crippen molar-refractivity contribution >= 4 is 32.6 Å². The number of nitrogens with one attached hydrogen (secondary N) is 1. The van der Waals surface area contributed by atoms with Gasteiger partial charge in [0.1, 0.15) is 0 Å². The Balaban J connectivity index is 2.04. The van der Waals surface area contributed by atoms with Gasteiger partial charge in [-0.25, -0.2) is 9.97 Å². The van der Waals surface area contributed by atoms with Gasteiger partial charge in [0.25, 0.3) is 5.56 Å². The highest BCUT2D eigenvalue weighted by molar-refractivity contribution is 7.22. The monoisotopic (exact) mass is 326 g/mol. The van der Waals surface area contributed by atoms with Gasteiger partial charge in [-0.15, -0.1) is 0 Å². The molecule has 3 rings (SSSR count). The van der Waals surface area contributed by atoms with Gasteiger partial charge in [0.15, 0.2) is 10.8 Å². The summed E-state index contributed by atoms with van der Waals surface area (Å²) in [5.74, 6) is -0.209. The smallest absolute Gasteiger partial charge is 0.301 e. The van der Waals surface area contributed by atoms with Gasteiger partial charge in [-0.05, 0) is 12.1 Å². The van der Waals surface area contributed by atoms with Crippen LogP contribution in [-0.4, -0.2) is 14.5 Å². The third kappa shape index (κ3) is 2.67. The first kappa shape index (κ1) is 14.5. The van der Waals surface area contributed by atoms with E-state index < -0.39 is 17.4 Å². The van der Waals surface area contributed by atoms with E-state index in [1.165, 1.54) is 18.4 Å². The molecule has 22 heavy (non-hydrogen) atoms. The van der Waals surface area contributed by atoms with Crippen LogP contribution in [0.3, 0.4) is 0 Å². The molecule has 0 saturated heterocycles. The molecular formula is C13H9F3N4OS. The molecule has 0 amide bonds. The van der Waals surface area contributed by atoms with Gasteiger partial charge in [0.05, 0.1) is 10.2 Å².